The van der Waals surface area contributed by atoms with Crippen molar-refractivity contribution >= 4 is 33.3 Å². The maximum absolute atomic E-state index is 5.42. The summed E-state index contributed by atoms with van der Waals surface area (Å²) in [5, 5.41) is 4.47. The maximum Gasteiger partial charge on any atom is 0.240 e. The minimum absolute atomic E-state index is 0.291. The van der Waals surface area contributed by atoms with Gasteiger partial charge in [-0.3, -0.25) is 5.43 Å². The van der Waals surface area contributed by atoms with Crippen molar-refractivity contribution in [3.8, 4) is 0 Å². The quantitative estimate of drug-likeness (QED) is 0.571. The van der Waals surface area contributed by atoms with Crippen molar-refractivity contribution < 1.29 is 0 Å². The lowest BCUT2D eigenvalue weighted by atomic mass is 10.3. The molecule has 1 atom stereocenters. The summed E-state index contributed by atoms with van der Waals surface area (Å²) in [5.41, 5.74) is 2.52. The number of rotatable bonds is 5. The van der Waals surface area contributed by atoms with E-state index in [4.69, 9.17) is 5.84 Å². The van der Waals surface area contributed by atoms with Crippen LogP contribution in [0.3, 0.4) is 0 Å². The average molecular weight is 280 g/mol. The van der Waals surface area contributed by atoms with E-state index in [0.717, 1.165) is 22.6 Å². The number of hydrogen-bond donors (Lipinski definition) is 3. The van der Waals surface area contributed by atoms with Crippen LogP contribution in [0.25, 0.3) is 10.2 Å². The van der Waals surface area contributed by atoms with Gasteiger partial charge in [0.2, 0.25) is 5.95 Å². The molecule has 2 aromatic rings. The van der Waals surface area contributed by atoms with Crippen LogP contribution in [0.15, 0.2) is 6.07 Å². The number of aryl methyl sites for hydroxylation is 1. The Labute approximate surface area is 117 Å². The van der Waals surface area contributed by atoms with Crippen molar-refractivity contribution in [2.75, 3.05) is 31.4 Å². The highest BCUT2D eigenvalue weighted by molar-refractivity contribution is 7.18. The molecule has 0 aliphatic heterocycles. The molecule has 4 N–H and O–H groups in total. The minimum atomic E-state index is 0.291. The highest BCUT2D eigenvalue weighted by Gasteiger charge is 2.12. The molecule has 0 bridgehead atoms. The van der Waals surface area contributed by atoms with Crippen LogP contribution in [0.4, 0.5) is 11.8 Å². The lowest BCUT2D eigenvalue weighted by molar-refractivity contribution is 0.392. The third kappa shape index (κ3) is 3.31. The molecule has 0 spiro atoms. The molecule has 1 unspecified atom stereocenters. The second kappa shape index (κ2) is 5.68. The first-order chi connectivity index (χ1) is 8.99. The van der Waals surface area contributed by atoms with Gasteiger partial charge in [-0.05, 0) is 34.0 Å². The highest BCUT2D eigenvalue weighted by atomic mass is 32.1. The summed E-state index contributed by atoms with van der Waals surface area (Å²) in [6, 6.07) is 2.39. The number of anilines is 2. The molecule has 0 radical (unpaired) electrons. The lowest BCUT2D eigenvalue weighted by Crippen LogP contribution is -2.30. The largest absolute Gasteiger partial charge is 0.366 e. The fourth-order valence-electron chi connectivity index (χ4n) is 2.04. The Kier molecular flexibility index (Phi) is 4.18. The SMILES string of the molecule is Cc1cc2c(NC(C)CN(C)C)nc(NN)nc2s1. The Balaban J connectivity index is 2.34. The Bertz CT molecular complexity index is 565. The summed E-state index contributed by atoms with van der Waals surface area (Å²) in [6.07, 6.45) is 0. The van der Waals surface area contributed by atoms with Gasteiger partial charge >= 0.3 is 0 Å². The first-order valence-electron chi connectivity index (χ1n) is 6.15. The fraction of sp³-hybridized carbons (Fsp3) is 0.500. The monoisotopic (exact) mass is 280 g/mol. The second-order valence-corrected chi connectivity index (χ2v) is 6.16. The number of hydrazine groups is 1. The van der Waals surface area contributed by atoms with Gasteiger partial charge in [0.1, 0.15) is 10.6 Å². The van der Waals surface area contributed by atoms with Crippen LogP contribution in [0.5, 0.6) is 0 Å². The third-order valence-corrected chi connectivity index (χ3v) is 3.61. The first-order valence-corrected chi connectivity index (χ1v) is 6.97. The zero-order valence-corrected chi connectivity index (χ0v) is 12.5. The number of nitrogens with two attached hydrogens (primary N) is 1. The predicted octanol–water partition coefficient (Wildman–Crippen LogP) is 1.65. The molecular formula is C12H20N6S. The van der Waals surface area contributed by atoms with Crippen LogP contribution in [-0.4, -0.2) is 41.5 Å². The predicted molar refractivity (Wildman–Crippen MR) is 81.6 cm³/mol. The maximum atomic E-state index is 5.42. The molecule has 6 nitrogen and oxygen atoms in total. The molecule has 0 saturated heterocycles. The number of nitrogens with one attached hydrogen (secondary N) is 2. The first kappa shape index (κ1) is 14.0. The Morgan fingerprint density at radius 3 is 2.79 bits per heavy atom. The molecule has 0 saturated carbocycles. The normalized spacial score (nSPS) is 12.9. The van der Waals surface area contributed by atoms with Crippen LogP contribution >= 0.6 is 11.3 Å². The van der Waals surface area contributed by atoms with Crippen LogP contribution in [-0.2, 0) is 0 Å². The number of nitrogens with zero attached hydrogens (tertiary/aromatic N) is 3. The molecule has 0 amide bonds. The number of likely N-dealkylation sites (N-methyl/N-ethyl adjacent to an activating group) is 1. The van der Waals surface area contributed by atoms with Gasteiger partial charge in [-0.15, -0.1) is 11.3 Å². The van der Waals surface area contributed by atoms with Crippen LogP contribution in [0.1, 0.15) is 11.8 Å². The summed E-state index contributed by atoms with van der Waals surface area (Å²) in [7, 11) is 4.10. The minimum Gasteiger partial charge on any atom is -0.366 e. The van der Waals surface area contributed by atoms with E-state index in [1.54, 1.807) is 11.3 Å². The summed E-state index contributed by atoms with van der Waals surface area (Å²) < 4.78 is 0. The van der Waals surface area contributed by atoms with E-state index in [0.29, 0.717) is 12.0 Å². The van der Waals surface area contributed by atoms with E-state index in [2.05, 4.69) is 59.6 Å². The Morgan fingerprint density at radius 1 is 1.42 bits per heavy atom. The zero-order valence-electron chi connectivity index (χ0n) is 11.7. The molecule has 2 aromatic heterocycles. The standard InChI is InChI=1S/C12H20N6S/c1-7(6-18(3)4)14-10-9-5-8(2)19-11(9)16-12(15-10)17-13/h5,7H,6,13H2,1-4H3,(H2,14,15,16,17). The van der Waals surface area contributed by atoms with Gasteiger partial charge in [-0.25, -0.2) is 10.8 Å². The van der Waals surface area contributed by atoms with Gasteiger partial charge in [-0.1, -0.05) is 0 Å². The fourth-order valence-corrected chi connectivity index (χ4v) is 2.92. The molecule has 104 valence electrons. The smallest absolute Gasteiger partial charge is 0.240 e. The van der Waals surface area contributed by atoms with Crippen molar-refractivity contribution in [1.29, 1.82) is 0 Å². The number of thiophene rings is 1. The number of nitrogen functional groups attached to an aromatic ring is 1. The summed E-state index contributed by atoms with van der Waals surface area (Å²) in [6.45, 7) is 5.12. The number of fused-ring (bicyclic) bond motifs is 1. The Hall–Kier alpha value is -1.44. The highest BCUT2D eigenvalue weighted by Crippen LogP contribution is 2.29. The summed E-state index contributed by atoms with van der Waals surface area (Å²) in [4.78, 5) is 13.1. The van der Waals surface area contributed by atoms with Crippen molar-refractivity contribution in [1.82, 2.24) is 14.9 Å². The van der Waals surface area contributed by atoms with Crippen molar-refractivity contribution in [2.45, 2.75) is 19.9 Å². The summed E-state index contributed by atoms with van der Waals surface area (Å²) >= 11 is 1.64. The second-order valence-electron chi connectivity index (χ2n) is 4.92. The van der Waals surface area contributed by atoms with E-state index in [9.17, 15) is 0 Å². The van der Waals surface area contributed by atoms with Gasteiger partial charge in [-0.2, -0.15) is 4.98 Å². The molecular weight excluding hydrogens is 260 g/mol. The molecule has 7 heteroatoms. The third-order valence-electron chi connectivity index (χ3n) is 2.67. The van der Waals surface area contributed by atoms with Crippen molar-refractivity contribution in [3.05, 3.63) is 10.9 Å². The van der Waals surface area contributed by atoms with Crippen LogP contribution < -0.4 is 16.6 Å². The van der Waals surface area contributed by atoms with Gasteiger partial charge in [0, 0.05) is 17.5 Å². The number of aromatic nitrogens is 2. The molecule has 0 aliphatic carbocycles. The molecule has 2 rings (SSSR count). The van der Waals surface area contributed by atoms with Crippen molar-refractivity contribution in [2.24, 2.45) is 5.84 Å². The van der Waals surface area contributed by atoms with E-state index in [-0.39, 0.29) is 0 Å². The van der Waals surface area contributed by atoms with Gasteiger partial charge in [0.25, 0.3) is 0 Å². The molecule has 0 fully saturated rings. The van der Waals surface area contributed by atoms with E-state index >= 15 is 0 Å². The van der Waals surface area contributed by atoms with E-state index in [1.807, 2.05) is 0 Å². The molecule has 2 heterocycles. The van der Waals surface area contributed by atoms with Crippen LogP contribution in [0.2, 0.25) is 0 Å². The Morgan fingerprint density at radius 2 is 2.16 bits per heavy atom. The lowest BCUT2D eigenvalue weighted by Gasteiger charge is -2.19. The van der Waals surface area contributed by atoms with Crippen LogP contribution in [0, 0.1) is 6.92 Å². The van der Waals surface area contributed by atoms with E-state index < -0.39 is 0 Å². The zero-order chi connectivity index (χ0) is 14.0. The van der Waals surface area contributed by atoms with Gasteiger partial charge < -0.3 is 10.2 Å². The summed E-state index contributed by atoms with van der Waals surface area (Å²) in [5.74, 6) is 6.69. The average Bonchev–Trinajstić information content (AvgIpc) is 2.68. The van der Waals surface area contributed by atoms with Gasteiger partial charge in [0.15, 0.2) is 0 Å². The van der Waals surface area contributed by atoms with Gasteiger partial charge in [0.05, 0.1) is 5.39 Å². The van der Waals surface area contributed by atoms with E-state index in [1.165, 1.54) is 4.88 Å². The topological polar surface area (TPSA) is 79.1 Å². The molecule has 19 heavy (non-hydrogen) atoms. The van der Waals surface area contributed by atoms with Crippen molar-refractivity contribution in [3.63, 3.8) is 0 Å². The molecule has 0 aliphatic rings. The number of hydrogen-bond acceptors (Lipinski definition) is 7. The molecule has 0 aromatic carbocycles.